The van der Waals surface area contributed by atoms with Gasteiger partial charge in [0.1, 0.15) is 6.10 Å². The lowest BCUT2D eigenvalue weighted by Crippen LogP contribution is -2.67. The van der Waals surface area contributed by atoms with Gasteiger partial charge >= 0.3 is 11.9 Å². The number of amides is 1. The second-order valence-electron chi connectivity index (χ2n) is 20.5. The number of aliphatic carboxylic acids is 1. The zero-order valence-electron chi connectivity index (χ0n) is 34.2. The van der Waals surface area contributed by atoms with Crippen LogP contribution in [0.3, 0.4) is 0 Å². The van der Waals surface area contributed by atoms with Crippen molar-refractivity contribution in [3.8, 4) is 0 Å². The summed E-state index contributed by atoms with van der Waals surface area (Å²) in [5.41, 5.74) is 0.991. The molecule has 1 amide bonds. The second kappa shape index (κ2) is 14.8. The Kier molecular flexibility index (Phi) is 11.7. The number of carboxylic acids is 1. The highest BCUT2D eigenvalue weighted by molar-refractivity contribution is 5.84. The Morgan fingerprint density at radius 1 is 0.765 bits per heavy atom. The molecule has 5 aliphatic rings. The Morgan fingerprint density at radius 2 is 1.41 bits per heavy atom. The largest absolute Gasteiger partial charge is 0.481 e. The first-order valence-electron chi connectivity index (χ1n) is 21.1. The van der Waals surface area contributed by atoms with E-state index in [-0.39, 0.29) is 39.1 Å². The van der Waals surface area contributed by atoms with Gasteiger partial charge in [-0.05, 0) is 144 Å². The van der Waals surface area contributed by atoms with E-state index in [2.05, 4.69) is 53.4 Å². The molecule has 290 valence electrons. The normalized spacial score (nSPS) is 39.9. The highest BCUT2D eigenvalue weighted by atomic mass is 16.5. The van der Waals surface area contributed by atoms with Crippen molar-refractivity contribution in [1.29, 1.82) is 0 Å². The maximum absolute atomic E-state index is 14.4. The zero-order valence-corrected chi connectivity index (χ0v) is 34.2. The van der Waals surface area contributed by atoms with Crippen LogP contribution in [-0.4, -0.2) is 35.6 Å². The molecule has 2 N–H and O–H groups in total. The van der Waals surface area contributed by atoms with E-state index in [1.54, 1.807) is 6.92 Å². The van der Waals surface area contributed by atoms with Gasteiger partial charge in [0.15, 0.2) is 0 Å². The van der Waals surface area contributed by atoms with Gasteiger partial charge in [0, 0.05) is 18.9 Å². The van der Waals surface area contributed by atoms with E-state index in [4.69, 9.17) is 4.74 Å². The lowest BCUT2D eigenvalue weighted by molar-refractivity contribution is -0.248. The molecule has 0 saturated heterocycles. The third-order valence-electron chi connectivity index (χ3n) is 17.1. The molecule has 10 atom stereocenters. The first-order chi connectivity index (χ1) is 23.8. The molecule has 0 aliphatic heterocycles. The molecule has 51 heavy (non-hydrogen) atoms. The van der Waals surface area contributed by atoms with Gasteiger partial charge in [-0.1, -0.05) is 85.3 Å². The van der Waals surface area contributed by atoms with Crippen LogP contribution in [0.2, 0.25) is 0 Å². The summed E-state index contributed by atoms with van der Waals surface area (Å²) in [5.74, 6) is 2.00. The van der Waals surface area contributed by atoms with Gasteiger partial charge in [-0.15, -0.1) is 0 Å². The van der Waals surface area contributed by atoms with Crippen molar-refractivity contribution in [2.45, 2.75) is 184 Å². The van der Waals surface area contributed by atoms with Crippen molar-refractivity contribution in [2.75, 3.05) is 6.54 Å². The van der Waals surface area contributed by atoms with Gasteiger partial charge in [-0.25, -0.2) is 0 Å². The van der Waals surface area contributed by atoms with Crippen LogP contribution in [0, 0.1) is 62.1 Å². The molecule has 5 saturated carbocycles. The van der Waals surface area contributed by atoms with E-state index in [1.165, 1.54) is 44.1 Å². The van der Waals surface area contributed by atoms with Gasteiger partial charge in [-0.3, -0.25) is 14.4 Å². The maximum atomic E-state index is 14.4. The van der Waals surface area contributed by atoms with Crippen LogP contribution < -0.4 is 5.32 Å². The summed E-state index contributed by atoms with van der Waals surface area (Å²) >= 11 is 0. The summed E-state index contributed by atoms with van der Waals surface area (Å²) in [7, 11) is 0. The van der Waals surface area contributed by atoms with Crippen LogP contribution in [0.4, 0.5) is 0 Å². The molecule has 5 aliphatic carbocycles. The van der Waals surface area contributed by atoms with E-state index in [1.807, 2.05) is 13.8 Å². The fourth-order valence-electron chi connectivity index (χ4n) is 14.0. The minimum atomic E-state index is -0.704. The smallest absolute Gasteiger partial charge is 0.309 e. The monoisotopic (exact) mass is 710 g/mol. The van der Waals surface area contributed by atoms with Crippen LogP contribution in [0.5, 0.6) is 0 Å². The van der Waals surface area contributed by atoms with Gasteiger partial charge < -0.3 is 15.2 Å². The molecule has 0 aromatic carbocycles. The molecule has 6 heteroatoms. The number of allylic oxidation sites excluding steroid dienone is 1. The first-order valence-corrected chi connectivity index (χ1v) is 21.1. The van der Waals surface area contributed by atoms with Crippen LogP contribution in [-0.2, 0) is 19.1 Å². The number of carbonyl (C=O) groups excluding carboxylic acids is 2. The summed E-state index contributed by atoms with van der Waals surface area (Å²) in [6.07, 6.45) is 19.7. The van der Waals surface area contributed by atoms with Crippen molar-refractivity contribution < 1.29 is 24.2 Å². The number of unbranched alkanes of at least 4 members (excludes halogenated alkanes) is 6. The van der Waals surface area contributed by atoms with Crippen LogP contribution in [0.15, 0.2) is 12.2 Å². The Bertz CT molecular complexity index is 1320. The molecule has 5 rings (SSSR count). The topological polar surface area (TPSA) is 92.7 Å². The fourth-order valence-corrected chi connectivity index (χ4v) is 14.0. The summed E-state index contributed by atoms with van der Waals surface area (Å²) < 4.78 is 5.96. The molecule has 0 aromatic heterocycles. The first kappa shape index (κ1) is 40.3. The van der Waals surface area contributed by atoms with Crippen LogP contribution >= 0.6 is 0 Å². The standard InChI is InChI=1S/C45H75NO5/c1-30(2)32-20-26-45(38(48)46-29-17-15-13-11-12-14-16-23-40(4,5)39(49)50)28-27-43(9)33(37(32)45)18-19-35-42(8)24-22-36(51-31(3)47)41(6,7)34(42)21-25-44(35,43)10/h32-37H,1,11-29H2,2-10H3,(H,46,48)(H,49,50)/t32-,33+,34-,35?,36-,37+,42-,43+,44+,45-/m0/s1. The number of esters is 1. The maximum Gasteiger partial charge on any atom is 0.309 e. The van der Waals surface area contributed by atoms with Crippen molar-refractivity contribution >= 4 is 17.8 Å². The highest BCUT2D eigenvalue weighted by Gasteiger charge is 2.72. The predicted octanol–water partition coefficient (Wildman–Crippen LogP) is 10.9. The lowest BCUT2D eigenvalue weighted by Gasteiger charge is -2.72. The Morgan fingerprint density at radius 3 is 2.04 bits per heavy atom. The molecule has 0 spiro atoms. The number of carboxylic acid groups (broad SMARTS) is 1. The number of rotatable bonds is 14. The van der Waals surface area contributed by atoms with E-state index in [9.17, 15) is 19.5 Å². The molecule has 6 nitrogen and oxygen atoms in total. The summed E-state index contributed by atoms with van der Waals surface area (Å²) in [6.45, 7) is 25.4. The van der Waals surface area contributed by atoms with Gasteiger partial charge in [-0.2, -0.15) is 0 Å². The third kappa shape index (κ3) is 6.99. The number of hydrogen-bond acceptors (Lipinski definition) is 4. The van der Waals surface area contributed by atoms with Crippen LogP contribution in [0.25, 0.3) is 0 Å². The molecule has 0 radical (unpaired) electrons. The average Bonchev–Trinajstić information content (AvgIpc) is 3.45. The SMILES string of the molecule is C=C(C)[C@@H]1CC[C@]2(C(=O)NCCCCCCCCCC(C)(C)C(=O)O)CC[C@]3(C)[C@H](CCC4[C@@]5(C)CC[C@H](OC(C)=O)C(C)(C)[C@@H]5CC[C@]43C)[C@@H]12. The number of fused-ring (bicyclic) bond motifs is 7. The van der Waals surface area contributed by atoms with E-state index < -0.39 is 11.4 Å². The molecule has 0 bridgehead atoms. The minimum Gasteiger partial charge on any atom is -0.481 e. The van der Waals surface area contributed by atoms with E-state index in [0.717, 1.165) is 83.6 Å². The number of hydrogen-bond donors (Lipinski definition) is 2. The fraction of sp³-hybridized carbons (Fsp3) is 0.889. The molecule has 0 heterocycles. The predicted molar refractivity (Wildman–Crippen MR) is 206 cm³/mol. The van der Waals surface area contributed by atoms with E-state index >= 15 is 0 Å². The molecule has 5 fully saturated rings. The molecular weight excluding hydrogens is 634 g/mol. The Labute approximate surface area is 311 Å². The summed E-state index contributed by atoms with van der Waals surface area (Å²) in [5, 5.41) is 12.8. The van der Waals surface area contributed by atoms with Crippen molar-refractivity contribution in [1.82, 2.24) is 5.32 Å². The summed E-state index contributed by atoms with van der Waals surface area (Å²) in [6, 6.07) is 0. The average molecular weight is 710 g/mol. The number of carbonyl (C=O) groups is 3. The van der Waals surface area contributed by atoms with Crippen molar-refractivity contribution in [2.24, 2.45) is 62.1 Å². The quantitative estimate of drug-likeness (QED) is 0.106. The number of nitrogens with one attached hydrogen (secondary N) is 1. The number of ether oxygens (including phenoxy) is 1. The van der Waals surface area contributed by atoms with Gasteiger partial charge in [0.2, 0.25) is 5.91 Å². The third-order valence-corrected chi connectivity index (χ3v) is 17.1. The highest BCUT2D eigenvalue weighted by Crippen LogP contribution is 2.77. The Hall–Kier alpha value is -1.85. The zero-order chi connectivity index (χ0) is 37.6. The Balaban J connectivity index is 1.22. The van der Waals surface area contributed by atoms with Crippen molar-refractivity contribution in [3.05, 3.63) is 12.2 Å². The lowest BCUT2D eigenvalue weighted by atomic mass is 9.32. The van der Waals surface area contributed by atoms with Crippen LogP contribution in [0.1, 0.15) is 178 Å². The van der Waals surface area contributed by atoms with E-state index in [0.29, 0.717) is 35.5 Å². The van der Waals surface area contributed by atoms with Gasteiger partial charge in [0.25, 0.3) is 0 Å². The molecule has 1 unspecified atom stereocenters. The summed E-state index contributed by atoms with van der Waals surface area (Å²) in [4.78, 5) is 37.9. The minimum absolute atomic E-state index is 0.00247. The second-order valence-corrected chi connectivity index (χ2v) is 20.5. The van der Waals surface area contributed by atoms with Crippen molar-refractivity contribution in [3.63, 3.8) is 0 Å². The van der Waals surface area contributed by atoms with Gasteiger partial charge in [0.05, 0.1) is 10.8 Å². The molecule has 0 aromatic rings. The molecular formula is C45H75NO5.